The fourth-order valence-electron chi connectivity index (χ4n) is 3.88. The normalized spacial score (nSPS) is 16.1. The van der Waals surface area contributed by atoms with E-state index >= 15 is 0 Å². The van der Waals surface area contributed by atoms with Gasteiger partial charge in [0.05, 0.1) is 31.8 Å². The van der Waals surface area contributed by atoms with Crippen molar-refractivity contribution in [3.8, 4) is 17.2 Å². The van der Waals surface area contributed by atoms with Crippen molar-refractivity contribution in [3.05, 3.63) is 48.0 Å². The highest BCUT2D eigenvalue weighted by atomic mass is 32.2. The molecule has 1 amide bonds. The molecule has 2 aromatic carbocycles. The fraction of sp³-hybridized carbons (Fsp3) is 0.435. The molecule has 32 heavy (non-hydrogen) atoms. The Morgan fingerprint density at radius 2 is 1.81 bits per heavy atom. The van der Waals surface area contributed by atoms with E-state index < -0.39 is 10.0 Å². The van der Waals surface area contributed by atoms with Gasteiger partial charge in [-0.2, -0.15) is 0 Å². The first-order valence-electron chi connectivity index (χ1n) is 10.6. The number of methoxy groups -OCH3 is 2. The Labute approximate surface area is 189 Å². The Kier molecular flexibility index (Phi) is 7.98. The summed E-state index contributed by atoms with van der Waals surface area (Å²) in [5.74, 6) is 1.87. The number of carbonyl (C=O) groups is 1. The lowest BCUT2D eigenvalue weighted by molar-refractivity contribution is -0.132. The number of carbonyl (C=O) groups excluding carboxylic acids is 1. The van der Waals surface area contributed by atoms with Crippen LogP contribution in [0.3, 0.4) is 0 Å². The Morgan fingerprint density at radius 3 is 2.47 bits per heavy atom. The maximum absolute atomic E-state index is 12.9. The van der Waals surface area contributed by atoms with Crippen LogP contribution in [0.2, 0.25) is 0 Å². The van der Waals surface area contributed by atoms with E-state index in [4.69, 9.17) is 14.2 Å². The predicted molar refractivity (Wildman–Crippen MR) is 121 cm³/mol. The number of nitrogens with one attached hydrogen (secondary N) is 1. The van der Waals surface area contributed by atoms with Gasteiger partial charge >= 0.3 is 0 Å². The van der Waals surface area contributed by atoms with E-state index in [0.29, 0.717) is 30.4 Å². The molecule has 0 aromatic heterocycles. The number of ether oxygens (including phenoxy) is 3. The van der Waals surface area contributed by atoms with Crippen LogP contribution in [0.1, 0.15) is 37.8 Å². The smallest absolute Gasteiger partial charge is 0.240 e. The molecule has 0 aliphatic carbocycles. The molecule has 2 aromatic rings. The molecule has 0 spiro atoms. The molecule has 1 fully saturated rings. The number of nitrogens with zero attached hydrogens (tertiary/aromatic N) is 1. The largest absolute Gasteiger partial charge is 0.497 e. The zero-order valence-electron chi connectivity index (χ0n) is 18.7. The standard InChI is InChI=1S/C23H30N2O6S/c1-4-31-17-7-10-19(11-8-17)32(27,28)24-14-13-23(26)25-15-5-6-21(25)20-12-9-18(29-2)16-22(20)30-3/h7-12,16,21,24H,4-6,13-15H2,1-3H3. The minimum Gasteiger partial charge on any atom is -0.497 e. The summed E-state index contributed by atoms with van der Waals surface area (Å²) in [5.41, 5.74) is 0.925. The molecule has 1 aliphatic heterocycles. The summed E-state index contributed by atoms with van der Waals surface area (Å²) >= 11 is 0. The third-order valence-electron chi connectivity index (χ3n) is 5.45. The lowest BCUT2D eigenvalue weighted by Gasteiger charge is -2.26. The molecule has 1 unspecified atom stereocenters. The summed E-state index contributed by atoms with van der Waals surface area (Å²) in [6, 6.07) is 11.7. The molecule has 174 valence electrons. The molecule has 0 saturated carbocycles. The molecule has 8 nitrogen and oxygen atoms in total. The SMILES string of the molecule is CCOc1ccc(S(=O)(=O)NCCC(=O)N2CCCC2c2ccc(OC)cc2OC)cc1. The lowest BCUT2D eigenvalue weighted by Crippen LogP contribution is -2.34. The van der Waals surface area contributed by atoms with Gasteiger partial charge in [0.15, 0.2) is 0 Å². The van der Waals surface area contributed by atoms with Crippen LogP contribution in [0.25, 0.3) is 0 Å². The van der Waals surface area contributed by atoms with Crippen LogP contribution in [0, 0.1) is 0 Å². The lowest BCUT2D eigenvalue weighted by atomic mass is 10.0. The summed E-state index contributed by atoms with van der Waals surface area (Å²) in [5, 5.41) is 0. The topological polar surface area (TPSA) is 94.2 Å². The number of amides is 1. The minimum absolute atomic E-state index is 0.0251. The first-order chi connectivity index (χ1) is 15.4. The number of likely N-dealkylation sites (tertiary alicyclic amines) is 1. The van der Waals surface area contributed by atoms with Crippen LogP contribution >= 0.6 is 0 Å². The number of benzene rings is 2. The summed E-state index contributed by atoms with van der Waals surface area (Å²) < 4.78 is 43.7. The van der Waals surface area contributed by atoms with Crippen LogP contribution in [-0.2, 0) is 14.8 Å². The molecule has 0 radical (unpaired) electrons. The average molecular weight is 463 g/mol. The number of rotatable bonds is 10. The maximum Gasteiger partial charge on any atom is 0.240 e. The Balaban J connectivity index is 1.62. The molecule has 1 aliphatic rings. The van der Waals surface area contributed by atoms with Crippen LogP contribution in [0.4, 0.5) is 0 Å². The Morgan fingerprint density at radius 1 is 1.09 bits per heavy atom. The van der Waals surface area contributed by atoms with Gasteiger partial charge in [0.1, 0.15) is 17.2 Å². The van der Waals surface area contributed by atoms with Crippen LogP contribution < -0.4 is 18.9 Å². The van der Waals surface area contributed by atoms with E-state index in [2.05, 4.69) is 4.72 Å². The van der Waals surface area contributed by atoms with Crippen molar-refractivity contribution in [2.24, 2.45) is 0 Å². The molecule has 3 rings (SSSR count). The second-order valence-corrected chi connectivity index (χ2v) is 9.17. The van der Waals surface area contributed by atoms with Gasteiger partial charge in [-0.15, -0.1) is 0 Å². The van der Waals surface area contributed by atoms with Gasteiger partial charge in [0.25, 0.3) is 0 Å². The summed E-state index contributed by atoms with van der Waals surface area (Å²) in [7, 11) is -0.522. The molecule has 0 bridgehead atoms. The number of sulfonamides is 1. The average Bonchev–Trinajstić information content (AvgIpc) is 3.29. The van der Waals surface area contributed by atoms with Gasteiger partial charge < -0.3 is 19.1 Å². The molecule has 1 heterocycles. The van der Waals surface area contributed by atoms with Crippen molar-refractivity contribution in [2.45, 2.75) is 37.1 Å². The van der Waals surface area contributed by atoms with Crippen LogP contribution in [0.5, 0.6) is 17.2 Å². The third kappa shape index (κ3) is 5.52. The van der Waals surface area contributed by atoms with Gasteiger partial charge in [-0.1, -0.05) is 0 Å². The second-order valence-electron chi connectivity index (χ2n) is 7.41. The zero-order valence-corrected chi connectivity index (χ0v) is 19.5. The van der Waals surface area contributed by atoms with E-state index in [-0.39, 0.29) is 29.8 Å². The molecular formula is C23H30N2O6S. The van der Waals surface area contributed by atoms with Crippen molar-refractivity contribution in [2.75, 3.05) is 33.9 Å². The van der Waals surface area contributed by atoms with Crippen molar-refractivity contribution >= 4 is 15.9 Å². The fourth-order valence-corrected chi connectivity index (χ4v) is 4.92. The van der Waals surface area contributed by atoms with E-state index in [1.54, 1.807) is 37.3 Å². The summed E-state index contributed by atoms with van der Waals surface area (Å²) in [6.07, 6.45) is 1.78. The van der Waals surface area contributed by atoms with Gasteiger partial charge in [-0.3, -0.25) is 4.79 Å². The van der Waals surface area contributed by atoms with Gasteiger partial charge in [-0.25, -0.2) is 13.1 Å². The monoisotopic (exact) mass is 462 g/mol. The van der Waals surface area contributed by atoms with Gasteiger partial charge in [0, 0.05) is 31.1 Å². The van der Waals surface area contributed by atoms with Gasteiger partial charge in [-0.05, 0) is 56.2 Å². The summed E-state index contributed by atoms with van der Waals surface area (Å²) in [6.45, 7) is 3.02. The minimum atomic E-state index is -3.71. The first-order valence-corrected chi connectivity index (χ1v) is 12.1. The molecule has 1 N–H and O–H groups in total. The third-order valence-corrected chi connectivity index (χ3v) is 6.93. The molecule has 1 atom stereocenters. The van der Waals surface area contributed by atoms with E-state index in [9.17, 15) is 13.2 Å². The summed E-state index contributed by atoms with van der Waals surface area (Å²) in [4.78, 5) is 14.8. The quantitative estimate of drug-likeness (QED) is 0.583. The number of hydrogen-bond acceptors (Lipinski definition) is 6. The molecule has 1 saturated heterocycles. The highest BCUT2D eigenvalue weighted by Gasteiger charge is 2.31. The zero-order chi connectivity index (χ0) is 23.1. The van der Waals surface area contributed by atoms with Crippen molar-refractivity contribution in [3.63, 3.8) is 0 Å². The van der Waals surface area contributed by atoms with E-state index in [1.807, 2.05) is 19.1 Å². The maximum atomic E-state index is 12.9. The first kappa shape index (κ1) is 23.9. The Hall–Kier alpha value is -2.78. The molecule has 9 heteroatoms. The van der Waals surface area contributed by atoms with Crippen molar-refractivity contribution in [1.29, 1.82) is 0 Å². The van der Waals surface area contributed by atoms with Gasteiger partial charge in [0.2, 0.25) is 15.9 Å². The number of hydrogen-bond donors (Lipinski definition) is 1. The van der Waals surface area contributed by atoms with Crippen molar-refractivity contribution < 1.29 is 27.4 Å². The second kappa shape index (κ2) is 10.7. The van der Waals surface area contributed by atoms with E-state index in [1.165, 1.54) is 12.1 Å². The van der Waals surface area contributed by atoms with E-state index in [0.717, 1.165) is 18.4 Å². The van der Waals surface area contributed by atoms with Crippen LogP contribution in [0.15, 0.2) is 47.4 Å². The predicted octanol–water partition coefficient (Wildman–Crippen LogP) is 3.13. The van der Waals surface area contributed by atoms with Crippen LogP contribution in [-0.4, -0.2) is 53.1 Å². The Bertz CT molecular complexity index is 1020. The molecular weight excluding hydrogens is 432 g/mol. The highest BCUT2D eigenvalue weighted by molar-refractivity contribution is 7.89. The highest BCUT2D eigenvalue weighted by Crippen LogP contribution is 2.38. The van der Waals surface area contributed by atoms with Crippen molar-refractivity contribution in [1.82, 2.24) is 9.62 Å².